The van der Waals surface area contributed by atoms with Crippen molar-refractivity contribution in [1.29, 1.82) is 0 Å². The van der Waals surface area contributed by atoms with Crippen LogP contribution in [0.2, 0.25) is 0 Å². The zero-order valence-electron chi connectivity index (χ0n) is 12.6. The standard InChI is InChI=1S/C12H10O.C5H5NO5/c1-3-7-11(8-4-1)13-12-9-5-2-6-10-12;7-3-1-2-4(8)6(3)11-5(9)10/h1-10H;1-2H2,(H,9,10). The summed E-state index contributed by atoms with van der Waals surface area (Å²) in [4.78, 5) is 35.0. The summed E-state index contributed by atoms with van der Waals surface area (Å²) in [6, 6.07) is 19.5. The second-order valence-electron chi connectivity index (χ2n) is 4.67. The molecule has 7 nitrogen and oxygen atoms in total. The fourth-order valence-electron chi connectivity index (χ4n) is 1.85. The Balaban J connectivity index is 0.000000177. The molecule has 124 valence electrons. The number of ether oxygens (including phenoxy) is 1. The summed E-state index contributed by atoms with van der Waals surface area (Å²) >= 11 is 0. The molecule has 1 N–H and O–H groups in total. The van der Waals surface area contributed by atoms with Crippen molar-refractivity contribution in [2.45, 2.75) is 12.8 Å². The van der Waals surface area contributed by atoms with E-state index in [0.717, 1.165) is 11.5 Å². The average Bonchev–Trinajstić information content (AvgIpc) is 2.89. The maximum atomic E-state index is 10.6. The van der Waals surface area contributed by atoms with E-state index in [-0.39, 0.29) is 17.9 Å². The molecule has 1 saturated heterocycles. The molecule has 0 saturated carbocycles. The van der Waals surface area contributed by atoms with Crippen LogP contribution in [0.4, 0.5) is 4.79 Å². The normalized spacial score (nSPS) is 13.1. The van der Waals surface area contributed by atoms with E-state index in [1.54, 1.807) is 0 Å². The lowest BCUT2D eigenvalue weighted by Crippen LogP contribution is -2.31. The number of hydrogen-bond donors (Lipinski definition) is 1. The Morgan fingerprint density at radius 1 is 0.833 bits per heavy atom. The number of hydrogen-bond acceptors (Lipinski definition) is 5. The van der Waals surface area contributed by atoms with Crippen molar-refractivity contribution in [3.63, 3.8) is 0 Å². The minimum Gasteiger partial charge on any atom is -0.457 e. The van der Waals surface area contributed by atoms with Crippen LogP contribution >= 0.6 is 0 Å². The topological polar surface area (TPSA) is 93.1 Å². The third-order valence-electron chi connectivity index (χ3n) is 2.90. The minimum atomic E-state index is -1.66. The molecule has 7 heteroatoms. The third kappa shape index (κ3) is 5.13. The molecule has 1 fully saturated rings. The molecule has 1 aliphatic rings. The van der Waals surface area contributed by atoms with Gasteiger partial charge in [-0.15, -0.1) is 0 Å². The van der Waals surface area contributed by atoms with Crippen LogP contribution in [0.1, 0.15) is 12.8 Å². The number of para-hydroxylation sites is 2. The van der Waals surface area contributed by atoms with Gasteiger partial charge in [0.05, 0.1) is 0 Å². The minimum absolute atomic E-state index is 0.0200. The summed E-state index contributed by atoms with van der Waals surface area (Å²) in [5.41, 5.74) is 0. The van der Waals surface area contributed by atoms with Gasteiger partial charge in [-0.05, 0) is 24.3 Å². The van der Waals surface area contributed by atoms with Crippen molar-refractivity contribution in [1.82, 2.24) is 5.06 Å². The van der Waals surface area contributed by atoms with Crippen molar-refractivity contribution in [3.05, 3.63) is 60.7 Å². The highest BCUT2D eigenvalue weighted by Gasteiger charge is 2.32. The summed E-state index contributed by atoms with van der Waals surface area (Å²) in [5, 5.41) is 8.31. The molecule has 2 aromatic carbocycles. The zero-order valence-corrected chi connectivity index (χ0v) is 12.6. The number of carbonyl (C=O) groups excluding carboxylic acids is 2. The summed E-state index contributed by atoms with van der Waals surface area (Å²) in [7, 11) is 0. The van der Waals surface area contributed by atoms with E-state index in [0.29, 0.717) is 0 Å². The van der Waals surface area contributed by atoms with Gasteiger partial charge in [0.15, 0.2) is 0 Å². The number of amides is 2. The van der Waals surface area contributed by atoms with Gasteiger partial charge in [0.25, 0.3) is 11.8 Å². The van der Waals surface area contributed by atoms with Crippen LogP contribution in [0.5, 0.6) is 11.5 Å². The predicted molar refractivity (Wildman–Crippen MR) is 83.2 cm³/mol. The number of carboxylic acid groups (broad SMARTS) is 1. The first kappa shape index (κ1) is 17.0. The van der Waals surface area contributed by atoms with E-state index in [1.807, 2.05) is 60.7 Å². The SMILES string of the molecule is O=C(O)ON1C(=O)CCC1=O.c1ccc(Oc2ccccc2)cc1. The molecule has 0 aromatic heterocycles. The molecule has 0 atom stereocenters. The van der Waals surface area contributed by atoms with Gasteiger partial charge < -0.3 is 9.84 Å². The van der Waals surface area contributed by atoms with Crippen molar-refractivity contribution >= 4 is 18.0 Å². The second kappa shape index (κ2) is 8.33. The third-order valence-corrected chi connectivity index (χ3v) is 2.90. The lowest BCUT2D eigenvalue weighted by molar-refractivity contribution is -0.175. The highest BCUT2D eigenvalue weighted by molar-refractivity contribution is 6.01. The first-order valence-electron chi connectivity index (χ1n) is 7.11. The van der Waals surface area contributed by atoms with E-state index in [1.165, 1.54) is 0 Å². The molecule has 0 unspecified atom stereocenters. The Morgan fingerprint density at radius 3 is 1.62 bits per heavy atom. The number of imide groups is 1. The zero-order chi connectivity index (χ0) is 17.4. The molecule has 0 radical (unpaired) electrons. The van der Waals surface area contributed by atoms with Gasteiger partial charge in [-0.1, -0.05) is 41.5 Å². The van der Waals surface area contributed by atoms with E-state index in [4.69, 9.17) is 9.84 Å². The van der Waals surface area contributed by atoms with E-state index >= 15 is 0 Å². The van der Waals surface area contributed by atoms with E-state index < -0.39 is 18.0 Å². The average molecular weight is 329 g/mol. The summed E-state index contributed by atoms with van der Waals surface area (Å²) in [6.07, 6.45) is -1.62. The predicted octanol–water partition coefficient (Wildman–Crippen LogP) is 3.22. The Bertz CT molecular complexity index is 648. The van der Waals surface area contributed by atoms with Crippen LogP contribution in [-0.4, -0.2) is 28.1 Å². The van der Waals surface area contributed by atoms with Gasteiger partial charge >= 0.3 is 6.16 Å². The molecule has 0 aliphatic carbocycles. The van der Waals surface area contributed by atoms with Gasteiger partial charge in [0, 0.05) is 12.8 Å². The first-order chi connectivity index (χ1) is 11.6. The van der Waals surface area contributed by atoms with Gasteiger partial charge in [-0.2, -0.15) is 0 Å². The molecule has 3 rings (SSSR count). The Labute approximate surface area is 138 Å². The van der Waals surface area contributed by atoms with Gasteiger partial charge in [0.1, 0.15) is 11.5 Å². The first-order valence-corrected chi connectivity index (χ1v) is 7.11. The molecule has 0 spiro atoms. The largest absolute Gasteiger partial charge is 0.531 e. The van der Waals surface area contributed by atoms with E-state index in [2.05, 4.69) is 4.84 Å². The summed E-state index contributed by atoms with van der Waals surface area (Å²) in [6.45, 7) is 0. The monoisotopic (exact) mass is 329 g/mol. The highest BCUT2D eigenvalue weighted by Crippen LogP contribution is 2.19. The lowest BCUT2D eigenvalue weighted by atomic mass is 10.3. The van der Waals surface area contributed by atoms with Crippen LogP contribution in [0.3, 0.4) is 0 Å². The lowest BCUT2D eigenvalue weighted by Gasteiger charge is -2.08. The van der Waals surface area contributed by atoms with Crippen LogP contribution in [0.25, 0.3) is 0 Å². The van der Waals surface area contributed by atoms with Crippen LogP contribution in [-0.2, 0) is 14.4 Å². The van der Waals surface area contributed by atoms with Crippen molar-refractivity contribution in [2.24, 2.45) is 0 Å². The fourth-order valence-corrected chi connectivity index (χ4v) is 1.85. The van der Waals surface area contributed by atoms with Crippen LogP contribution in [0, 0.1) is 0 Å². The smallest absolute Gasteiger partial charge is 0.457 e. The summed E-state index contributed by atoms with van der Waals surface area (Å²) < 4.78 is 5.58. The maximum absolute atomic E-state index is 10.6. The Kier molecular flexibility index (Phi) is 5.90. The van der Waals surface area contributed by atoms with Crippen LogP contribution in [0.15, 0.2) is 60.7 Å². The number of hydroxylamine groups is 2. The molecule has 1 heterocycles. The number of benzene rings is 2. The van der Waals surface area contributed by atoms with Gasteiger partial charge in [-0.25, -0.2) is 4.79 Å². The van der Waals surface area contributed by atoms with Crippen molar-refractivity contribution in [2.75, 3.05) is 0 Å². The molecule has 24 heavy (non-hydrogen) atoms. The number of nitrogens with zero attached hydrogens (tertiary/aromatic N) is 1. The van der Waals surface area contributed by atoms with Crippen molar-refractivity contribution < 1.29 is 29.1 Å². The second-order valence-corrected chi connectivity index (χ2v) is 4.67. The fraction of sp³-hybridized carbons (Fsp3) is 0.118. The van der Waals surface area contributed by atoms with Crippen LogP contribution < -0.4 is 4.74 Å². The van der Waals surface area contributed by atoms with Gasteiger partial charge in [0.2, 0.25) is 0 Å². The molecule has 2 amide bonds. The molecule has 0 bridgehead atoms. The molecule has 2 aromatic rings. The quantitative estimate of drug-likeness (QED) is 0.869. The Hall–Kier alpha value is -3.35. The molecular formula is C17H15NO6. The Morgan fingerprint density at radius 2 is 1.25 bits per heavy atom. The van der Waals surface area contributed by atoms with Crippen molar-refractivity contribution in [3.8, 4) is 11.5 Å². The molecular weight excluding hydrogens is 314 g/mol. The summed E-state index contributed by atoms with van der Waals surface area (Å²) in [5.74, 6) is 0.511. The van der Waals surface area contributed by atoms with Gasteiger partial charge in [-0.3, -0.25) is 14.4 Å². The molecule has 1 aliphatic heterocycles. The maximum Gasteiger partial charge on any atom is 0.531 e. The van der Waals surface area contributed by atoms with E-state index in [9.17, 15) is 14.4 Å². The number of rotatable bonds is 3. The number of carbonyl (C=O) groups is 3. The highest BCUT2D eigenvalue weighted by atomic mass is 16.8.